The second-order valence-electron chi connectivity index (χ2n) is 6.75. The second-order valence-corrected chi connectivity index (χ2v) is 6.75. The average Bonchev–Trinajstić information content (AvgIpc) is 2.59. The summed E-state index contributed by atoms with van der Waals surface area (Å²) in [6.45, 7) is 7.93. The fourth-order valence-electron chi connectivity index (χ4n) is 3.20. The van der Waals surface area contributed by atoms with Gasteiger partial charge in [-0.05, 0) is 63.9 Å². The standard InChI is InChI=1S/C19H31FN4O.HI/c1-5-21-19(22-12-15-7-6-10-24(3)13-15)23-14(2)16-8-9-18(25-4)17(20)11-16;/h8-9,11,14-15H,5-7,10,12-13H2,1-4H3,(H2,21,22,23);1H. The molecule has 0 aromatic heterocycles. The number of likely N-dealkylation sites (tertiary alicyclic amines) is 1. The van der Waals surface area contributed by atoms with E-state index >= 15 is 0 Å². The van der Waals surface area contributed by atoms with Crippen molar-refractivity contribution in [3.05, 3.63) is 29.6 Å². The number of benzene rings is 1. The number of aliphatic imine (C=N–C) groups is 1. The fourth-order valence-corrected chi connectivity index (χ4v) is 3.20. The van der Waals surface area contributed by atoms with Gasteiger partial charge in [0.05, 0.1) is 13.2 Å². The molecule has 1 aromatic carbocycles. The summed E-state index contributed by atoms with van der Waals surface area (Å²) in [6.07, 6.45) is 2.47. The molecular weight excluding hydrogens is 446 g/mol. The third-order valence-corrected chi connectivity index (χ3v) is 4.60. The minimum Gasteiger partial charge on any atom is -0.494 e. The minimum absolute atomic E-state index is 0. The zero-order valence-corrected chi connectivity index (χ0v) is 18.5. The SMILES string of the molecule is CCNC(=NCC1CCCN(C)C1)NC(C)c1ccc(OC)c(F)c1.I. The Kier molecular flexibility index (Phi) is 10.2. The van der Waals surface area contributed by atoms with E-state index in [4.69, 9.17) is 9.73 Å². The second kappa shape index (κ2) is 11.6. The van der Waals surface area contributed by atoms with Gasteiger partial charge >= 0.3 is 0 Å². The highest BCUT2D eigenvalue weighted by Crippen LogP contribution is 2.21. The van der Waals surface area contributed by atoms with Crippen molar-refractivity contribution in [2.24, 2.45) is 10.9 Å². The van der Waals surface area contributed by atoms with Crippen LogP contribution in [0.2, 0.25) is 0 Å². The van der Waals surface area contributed by atoms with Crippen LogP contribution in [0.1, 0.15) is 38.3 Å². The molecule has 0 spiro atoms. The van der Waals surface area contributed by atoms with E-state index in [1.54, 1.807) is 6.07 Å². The molecule has 5 nitrogen and oxygen atoms in total. The number of ether oxygens (including phenoxy) is 1. The maximum atomic E-state index is 13.9. The Morgan fingerprint density at radius 3 is 2.85 bits per heavy atom. The van der Waals surface area contributed by atoms with Crippen molar-refractivity contribution in [2.75, 3.05) is 40.3 Å². The van der Waals surface area contributed by atoms with Crippen LogP contribution in [0.4, 0.5) is 4.39 Å². The van der Waals surface area contributed by atoms with E-state index < -0.39 is 0 Å². The van der Waals surface area contributed by atoms with Gasteiger partial charge in [-0.3, -0.25) is 4.99 Å². The molecule has 1 saturated heterocycles. The van der Waals surface area contributed by atoms with Gasteiger partial charge in [0, 0.05) is 19.6 Å². The minimum atomic E-state index is -0.346. The lowest BCUT2D eigenvalue weighted by Gasteiger charge is -2.29. The van der Waals surface area contributed by atoms with Crippen molar-refractivity contribution in [1.29, 1.82) is 0 Å². The Labute approximate surface area is 173 Å². The first kappa shape index (κ1) is 23.0. The molecular formula is C19H32FIN4O. The zero-order chi connectivity index (χ0) is 18.2. The summed E-state index contributed by atoms with van der Waals surface area (Å²) in [5.41, 5.74) is 0.862. The summed E-state index contributed by atoms with van der Waals surface area (Å²) in [4.78, 5) is 7.11. The molecule has 7 heteroatoms. The third kappa shape index (κ3) is 6.90. The molecule has 1 aliphatic rings. The van der Waals surface area contributed by atoms with E-state index in [0.29, 0.717) is 5.92 Å². The van der Waals surface area contributed by atoms with Gasteiger partial charge in [0.2, 0.25) is 0 Å². The largest absolute Gasteiger partial charge is 0.494 e. The molecule has 2 unspecified atom stereocenters. The molecule has 0 amide bonds. The molecule has 2 atom stereocenters. The molecule has 1 aromatic rings. The van der Waals surface area contributed by atoms with Crippen molar-refractivity contribution in [3.8, 4) is 5.75 Å². The van der Waals surface area contributed by atoms with E-state index in [1.165, 1.54) is 32.6 Å². The number of rotatable bonds is 6. The number of nitrogens with zero attached hydrogens (tertiary/aromatic N) is 2. The van der Waals surface area contributed by atoms with E-state index in [1.807, 2.05) is 19.9 Å². The van der Waals surface area contributed by atoms with Gasteiger partial charge in [0.25, 0.3) is 0 Å². The molecule has 2 N–H and O–H groups in total. The summed E-state index contributed by atoms with van der Waals surface area (Å²) in [5, 5.41) is 6.65. The van der Waals surface area contributed by atoms with E-state index in [0.717, 1.165) is 31.2 Å². The molecule has 0 radical (unpaired) electrons. The van der Waals surface area contributed by atoms with Crippen molar-refractivity contribution in [2.45, 2.75) is 32.7 Å². The van der Waals surface area contributed by atoms with E-state index in [2.05, 4.69) is 22.6 Å². The van der Waals surface area contributed by atoms with E-state index in [-0.39, 0.29) is 41.6 Å². The van der Waals surface area contributed by atoms with Gasteiger partial charge in [-0.25, -0.2) is 4.39 Å². The first-order valence-electron chi connectivity index (χ1n) is 9.10. The van der Waals surface area contributed by atoms with Gasteiger partial charge in [-0.2, -0.15) is 0 Å². The normalized spacial score (nSPS) is 19.4. The number of piperidine rings is 1. The topological polar surface area (TPSA) is 48.9 Å². The Balaban J connectivity index is 0.00000338. The summed E-state index contributed by atoms with van der Waals surface area (Å²) in [5.74, 6) is 1.29. The monoisotopic (exact) mass is 478 g/mol. The molecule has 0 saturated carbocycles. The Morgan fingerprint density at radius 1 is 1.46 bits per heavy atom. The quantitative estimate of drug-likeness (QED) is 0.374. The molecule has 26 heavy (non-hydrogen) atoms. The summed E-state index contributed by atoms with van der Waals surface area (Å²) in [7, 11) is 3.64. The Morgan fingerprint density at radius 2 is 2.23 bits per heavy atom. The predicted octanol–water partition coefficient (Wildman–Crippen LogP) is 3.41. The van der Waals surface area contributed by atoms with Crippen molar-refractivity contribution < 1.29 is 9.13 Å². The maximum Gasteiger partial charge on any atom is 0.191 e. The number of halogens is 2. The summed E-state index contributed by atoms with van der Waals surface area (Å²) in [6, 6.07) is 4.99. The number of guanidine groups is 1. The first-order chi connectivity index (χ1) is 12.0. The molecule has 0 bridgehead atoms. The Bertz CT molecular complexity index is 585. The smallest absolute Gasteiger partial charge is 0.191 e. The third-order valence-electron chi connectivity index (χ3n) is 4.60. The van der Waals surface area contributed by atoms with Crippen LogP contribution < -0.4 is 15.4 Å². The lowest BCUT2D eigenvalue weighted by Crippen LogP contribution is -2.40. The van der Waals surface area contributed by atoms with Crippen LogP contribution in [-0.4, -0.2) is 51.2 Å². The number of hydrogen-bond acceptors (Lipinski definition) is 3. The molecule has 1 fully saturated rings. The van der Waals surface area contributed by atoms with Crippen LogP contribution in [0.5, 0.6) is 5.75 Å². The molecule has 1 aliphatic heterocycles. The van der Waals surface area contributed by atoms with Gasteiger partial charge in [0.1, 0.15) is 0 Å². The average molecular weight is 478 g/mol. The maximum absolute atomic E-state index is 13.9. The van der Waals surface area contributed by atoms with Gasteiger partial charge in [-0.1, -0.05) is 6.07 Å². The lowest BCUT2D eigenvalue weighted by atomic mass is 9.99. The van der Waals surface area contributed by atoms with Crippen LogP contribution in [0.25, 0.3) is 0 Å². The fraction of sp³-hybridized carbons (Fsp3) is 0.632. The highest BCUT2D eigenvalue weighted by atomic mass is 127. The highest BCUT2D eigenvalue weighted by molar-refractivity contribution is 14.0. The molecule has 0 aliphatic carbocycles. The van der Waals surface area contributed by atoms with Crippen molar-refractivity contribution in [3.63, 3.8) is 0 Å². The van der Waals surface area contributed by atoms with Crippen molar-refractivity contribution in [1.82, 2.24) is 15.5 Å². The number of nitrogens with one attached hydrogen (secondary N) is 2. The first-order valence-corrected chi connectivity index (χ1v) is 9.10. The van der Waals surface area contributed by atoms with E-state index in [9.17, 15) is 4.39 Å². The van der Waals surface area contributed by atoms with Crippen LogP contribution in [-0.2, 0) is 0 Å². The highest BCUT2D eigenvalue weighted by Gasteiger charge is 2.17. The number of hydrogen-bond donors (Lipinski definition) is 2. The predicted molar refractivity (Wildman–Crippen MR) is 116 cm³/mol. The molecule has 2 rings (SSSR count). The Hall–Kier alpha value is -1.09. The zero-order valence-electron chi connectivity index (χ0n) is 16.2. The van der Waals surface area contributed by atoms with Crippen LogP contribution in [0, 0.1) is 11.7 Å². The van der Waals surface area contributed by atoms with Gasteiger partial charge in [-0.15, -0.1) is 24.0 Å². The molecule has 1 heterocycles. The van der Waals surface area contributed by atoms with Gasteiger partial charge < -0.3 is 20.3 Å². The van der Waals surface area contributed by atoms with Crippen LogP contribution in [0.15, 0.2) is 23.2 Å². The molecule has 148 valence electrons. The summed E-state index contributed by atoms with van der Waals surface area (Å²) >= 11 is 0. The number of methoxy groups -OCH3 is 1. The van der Waals surface area contributed by atoms with Crippen molar-refractivity contribution >= 4 is 29.9 Å². The summed E-state index contributed by atoms with van der Waals surface area (Å²) < 4.78 is 18.9. The van der Waals surface area contributed by atoms with Crippen LogP contribution in [0.3, 0.4) is 0 Å². The van der Waals surface area contributed by atoms with Crippen LogP contribution >= 0.6 is 24.0 Å². The van der Waals surface area contributed by atoms with Gasteiger partial charge in [0.15, 0.2) is 17.5 Å². The lowest BCUT2D eigenvalue weighted by molar-refractivity contribution is 0.214.